The summed E-state index contributed by atoms with van der Waals surface area (Å²) in [6.07, 6.45) is 4.06. The van der Waals surface area contributed by atoms with Crippen molar-refractivity contribution >= 4 is 5.65 Å². The zero-order chi connectivity index (χ0) is 17.0. The highest BCUT2D eigenvalue weighted by Gasteiger charge is 2.29. The number of rotatable bonds is 7. The molecule has 3 rings (SSSR count). The van der Waals surface area contributed by atoms with Gasteiger partial charge in [0.25, 0.3) is 0 Å². The summed E-state index contributed by atoms with van der Waals surface area (Å²) in [6.45, 7) is 5.88. The number of fused-ring (bicyclic) bond motifs is 1. The number of aliphatic hydroxyl groups excluding tert-OH is 1. The predicted molar refractivity (Wildman–Crippen MR) is 96.9 cm³/mol. The fourth-order valence-electron chi connectivity index (χ4n) is 3.06. The average Bonchev–Trinajstić information content (AvgIpc) is 3.02. The van der Waals surface area contributed by atoms with Crippen LogP contribution < -0.4 is 5.32 Å². The van der Waals surface area contributed by atoms with Crippen molar-refractivity contribution in [2.45, 2.75) is 26.3 Å². The third kappa shape index (κ3) is 3.66. The highest BCUT2D eigenvalue weighted by molar-refractivity contribution is 5.39. The van der Waals surface area contributed by atoms with Gasteiger partial charge in [-0.25, -0.2) is 4.98 Å². The molecule has 2 N–H and O–H groups in total. The topological polar surface area (TPSA) is 49.6 Å². The highest BCUT2D eigenvalue weighted by atomic mass is 16.3. The fourth-order valence-corrected chi connectivity index (χ4v) is 3.06. The van der Waals surface area contributed by atoms with E-state index in [0.29, 0.717) is 6.54 Å². The molecule has 0 amide bonds. The summed E-state index contributed by atoms with van der Waals surface area (Å²) < 4.78 is 2.03. The van der Waals surface area contributed by atoms with Gasteiger partial charge in [-0.15, -0.1) is 0 Å². The average molecular weight is 323 g/mol. The van der Waals surface area contributed by atoms with Gasteiger partial charge in [-0.1, -0.05) is 50.2 Å². The van der Waals surface area contributed by atoms with Crippen LogP contribution in [0.25, 0.3) is 5.65 Å². The smallest absolute Gasteiger partial charge is 0.137 e. The maximum Gasteiger partial charge on any atom is 0.137 e. The van der Waals surface area contributed by atoms with Crippen molar-refractivity contribution in [3.05, 3.63) is 72.2 Å². The van der Waals surface area contributed by atoms with Crippen LogP contribution in [0.15, 0.2) is 60.9 Å². The molecule has 0 saturated carbocycles. The molecule has 1 unspecified atom stereocenters. The van der Waals surface area contributed by atoms with Crippen LogP contribution in [0, 0.1) is 5.41 Å². The minimum Gasteiger partial charge on any atom is -0.396 e. The molecular formula is C20H25N3O. The summed E-state index contributed by atoms with van der Waals surface area (Å²) in [5, 5.41) is 13.3. The van der Waals surface area contributed by atoms with E-state index in [2.05, 4.69) is 54.6 Å². The largest absolute Gasteiger partial charge is 0.396 e. The lowest BCUT2D eigenvalue weighted by atomic mass is 9.75. The standard InChI is InChI=1S/C20H25N3O/c1-20(2,15-24)18(16-8-4-3-5-9-16)13-21-12-17-14-23-11-7-6-10-19(23)22-17/h3-11,14,18,21,24H,12-13,15H2,1-2H3. The Balaban J connectivity index is 1.69. The molecular weight excluding hydrogens is 298 g/mol. The van der Waals surface area contributed by atoms with Gasteiger partial charge in [0.1, 0.15) is 5.65 Å². The van der Waals surface area contributed by atoms with Crippen LogP contribution in [0.3, 0.4) is 0 Å². The van der Waals surface area contributed by atoms with E-state index in [1.54, 1.807) is 0 Å². The van der Waals surface area contributed by atoms with Gasteiger partial charge in [0.05, 0.1) is 5.69 Å². The Morgan fingerprint density at radius 1 is 1.12 bits per heavy atom. The molecule has 2 heterocycles. The molecule has 0 spiro atoms. The van der Waals surface area contributed by atoms with Gasteiger partial charge in [0, 0.05) is 38.0 Å². The zero-order valence-corrected chi connectivity index (χ0v) is 14.3. The lowest BCUT2D eigenvalue weighted by Gasteiger charge is -2.33. The molecule has 0 aliphatic carbocycles. The molecule has 0 aliphatic rings. The fraction of sp³-hybridized carbons (Fsp3) is 0.350. The summed E-state index contributed by atoms with van der Waals surface area (Å²) >= 11 is 0. The Hall–Kier alpha value is -2.17. The van der Waals surface area contributed by atoms with E-state index in [4.69, 9.17) is 0 Å². The quantitative estimate of drug-likeness (QED) is 0.702. The minimum atomic E-state index is -0.187. The lowest BCUT2D eigenvalue weighted by Crippen LogP contribution is -2.34. The molecule has 4 heteroatoms. The van der Waals surface area contributed by atoms with Crippen LogP contribution in [-0.2, 0) is 6.54 Å². The summed E-state index contributed by atoms with van der Waals surface area (Å²) in [7, 11) is 0. The van der Waals surface area contributed by atoms with Crippen LogP contribution in [0.2, 0.25) is 0 Å². The van der Waals surface area contributed by atoms with E-state index in [1.165, 1.54) is 5.56 Å². The number of pyridine rings is 1. The van der Waals surface area contributed by atoms with Crippen molar-refractivity contribution in [2.75, 3.05) is 13.2 Å². The van der Waals surface area contributed by atoms with Crippen molar-refractivity contribution in [1.29, 1.82) is 0 Å². The van der Waals surface area contributed by atoms with E-state index in [1.807, 2.05) is 34.9 Å². The van der Waals surface area contributed by atoms with E-state index in [9.17, 15) is 5.11 Å². The van der Waals surface area contributed by atoms with Crippen LogP contribution in [0.5, 0.6) is 0 Å². The van der Waals surface area contributed by atoms with Gasteiger partial charge in [-0.3, -0.25) is 0 Å². The maximum atomic E-state index is 9.79. The van der Waals surface area contributed by atoms with Gasteiger partial charge in [-0.05, 0) is 23.1 Å². The maximum absolute atomic E-state index is 9.79. The van der Waals surface area contributed by atoms with Gasteiger partial charge < -0.3 is 14.8 Å². The summed E-state index contributed by atoms with van der Waals surface area (Å²) in [5.74, 6) is 0.237. The second-order valence-electron chi connectivity index (χ2n) is 6.94. The molecule has 4 nitrogen and oxygen atoms in total. The first-order valence-corrected chi connectivity index (χ1v) is 8.39. The normalized spacial score (nSPS) is 13.3. The van der Waals surface area contributed by atoms with Crippen molar-refractivity contribution < 1.29 is 5.11 Å². The number of nitrogens with one attached hydrogen (secondary N) is 1. The second-order valence-corrected chi connectivity index (χ2v) is 6.94. The van der Waals surface area contributed by atoms with Gasteiger partial charge >= 0.3 is 0 Å². The molecule has 3 aromatic rings. The molecule has 1 atom stereocenters. The van der Waals surface area contributed by atoms with E-state index >= 15 is 0 Å². The number of imidazole rings is 1. The molecule has 0 fully saturated rings. The Labute approximate surface area is 143 Å². The van der Waals surface area contributed by atoms with Crippen molar-refractivity contribution in [3.63, 3.8) is 0 Å². The van der Waals surface area contributed by atoms with Gasteiger partial charge in [-0.2, -0.15) is 0 Å². The number of hydrogen-bond donors (Lipinski definition) is 2. The van der Waals surface area contributed by atoms with Crippen molar-refractivity contribution in [3.8, 4) is 0 Å². The Morgan fingerprint density at radius 2 is 1.88 bits per heavy atom. The van der Waals surface area contributed by atoms with Crippen LogP contribution in [0.4, 0.5) is 0 Å². The van der Waals surface area contributed by atoms with Crippen LogP contribution in [-0.4, -0.2) is 27.6 Å². The Kier molecular flexibility index (Phi) is 4.97. The summed E-state index contributed by atoms with van der Waals surface area (Å²) in [5.41, 5.74) is 3.05. The van der Waals surface area contributed by atoms with Crippen LogP contribution >= 0.6 is 0 Å². The molecule has 0 aliphatic heterocycles. The number of hydrogen-bond acceptors (Lipinski definition) is 3. The predicted octanol–water partition coefficient (Wildman–Crippen LogP) is 3.23. The minimum absolute atomic E-state index is 0.155. The number of aliphatic hydroxyl groups is 1. The summed E-state index contributed by atoms with van der Waals surface area (Å²) in [6, 6.07) is 16.4. The van der Waals surface area contributed by atoms with Crippen molar-refractivity contribution in [1.82, 2.24) is 14.7 Å². The Morgan fingerprint density at radius 3 is 2.58 bits per heavy atom. The first-order chi connectivity index (χ1) is 11.6. The van der Waals surface area contributed by atoms with Crippen molar-refractivity contribution in [2.24, 2.45) is 5.41 Å². The summed E-state index contributed by atoms with van der Waals surface area (Å²) in [4.78, 5) is 4.62. The molecule has 0 bridgehead atoms. The number of nitrogens with zero attached hydrogens (tertiary/aromatic N) is 2. The third-order valence-corrected chi connectivity index (χ3v) is 4.62. The third-order valence-electron chi connectivity index (χ3n) is 4.62. The lowest BCUT2D eigenvalue weighted by molar-refractivity contribution is 0.129. The number of benzene rings is 1. The Bertz CT molecular complexity index is 747. The molecule has 1 aromatic carbocycles. The molecule has 0 saturated heterocycles. The molecule has 2 aromatic heterocycles. The van der Waals surface area contributed by atoms with E-state index < -0.39 is 0 Å². The molecule has 0 radical (unpaired) electrons. The van der Waals surface area contributed by atoms with E-state index in [-0.39, 0.29) is 17.9 Å². The first kappa shape index (κ1) is 16.7. The monoisotopic (exact) mass is 323 g/mol. The van der Waals surface area contributed by atoms with Crippen LogP contribution in [0.1, 0.15) is 31.0 Å². The number of aromatic nitrogens is 2. The zero-order valence-electron chi connectivity index (χ0n) is 14.3. The van der Waals surface area contributed by atoms with E-state index in [0.717, 1.165) is 17.9 Å². The highest BCUT2D eigenvalue weighted by Crippen LogP contribution is 2.34. The SMILES string of the molecule is CC(C)(CO)C(CNCc1cn2ccccc2n1)c1ccccc1. The first-order valence-electron chi connectivity index (χ1n) is 8.39. The van der Waals surface area contributed by atoms with Gasteiger partial charge in [0.2, 0.25) is 0 Å². The van der Waals surface area contributed by atoms with Gasteiger partial charge in [0.15, 0.2) is 0 Å². The second kappa shape index (κ2) is 7.16. The molecule has 24 heavy (non-hydrogen) atoms. The molecule has 126 valence electrons.